The number of ether oxygens (including phenoxy) is 3. The normalized spacial score (nSPS) is 10.4. The van der Waals surface area contributed by atoms with E-state index in [1.165, 1.54) is 6.20 Å². The predicted octanol–water partition coefficient (Wildman–Crippen LogP) is 5.52. The fourth-order valence-electron chi connectivity index (χ4n) is 3.19. The number of aromatic nitrogens is 1. The molecule has 0 bridgehead atoms. The Balaban J connectivity index is 1.52. The molecule has 3 aromatic carbocycles. The molecule has 33 heavy (non-hydrogen) atoms. The van der Waals surface area contributed by atoms with Gasteiger partial charge in [-0.05, 0) is 41.0 Å². The third-order valence-corrected chi connectivity index (χ3v) is 4.80. The number of hydrogen-bond acceptors (Lipinski definition) is 5. The van der Waals surface area contributed by atoms with E-state index in [2.05, 4.69) is 4.98 Å². The standard InChI is InChI=1S/C27H23NO5/c29-27(30)26-25(12-7-13-28-26)33-19-22-14-23(31-17-20-8-3-1-4-9-20)16-24(15-22)32-18-21-10-5-2-6-11-21/h1-16H,17-19H2,(H,29,30). The van der Waals surface area contributed by atoms with Crippen molar-refractivity contribution in [2.75, 3.05) is 0 Å². The molecular weight excluding hydrogens is 418 g/mol. The summed E-state index contributed by atoms with van der Waals surface area (Å²) in [6, 6.07) is 28.5. The minimum absolute atomic E-state index is 0.130. The van der Waals surface area contributed by atoms with Crippen LogP contribution in [-0.2, 0) is 19.8 Å². The first-order chi connectivity index (χ1) is 16.2. The number of carbonyl (C=O) groups is 1. The van der Waals surface area contributed by atoms with Crippen molar-refractivity contribution in [3.05, 3.63) is 120 Å². The first-order valence-corrected chi connectivity index (χ1v) is 10.5. The van der Waals surface area contributed by atoms with E-state index in [-0.39, 0.29) is 18.1 Å². The van der Waals surface area contributed by atoms with Gasteiger partial charge in [-0.1, -0.05) is 60.7 Å². The zero-order valence-corrected chi connectivity index (χ0v) is 17.9. The van der Waals surface area contributed by atoms with Crippen LogP contribution in [0.25, 0.3) is 0 Å². The maximum atomic E-state index is 11.4. The van der Waals surface area contributed by atoms with Gasteiger partial charge in [-0.3, -0.25) is 0 Å². The fraction of sp³-hybridized carbons (Fsp3) is 0.111. The van der Waals surface area contributed by atoms with Crippen molar-refractivity contribution < 1.29 is 24.1 Å². The molecule has 4 aromatic rings. The molecule has 1 heterocycles. The van der Waals surface area contributed by atoms with E-state index in [9.17, 15) is 9.90 Å². The van der Waals surface area contributed by atoms with Crippen LogP contribution in [0.3, 0.4) is 0 Å². The van der Waals surface area contributed by atoms with Crippen LogP contribution < -0.4 is 14.2 Å². The van der Waals surface area contributed by atoms with E-state index in [0.29, 0.717) is 24.7 Å². The van der Waals surface area contributed by atoms with Gasteiger partial charge in [-0.25, -0.2) is 9.78 Å². The molecule has 0 saturated carbocycles. The van der Waals surface area contributed by atoms with E-state index >= 15 is 0 Å². The topological polar surface area (TPSA) is 77.9 Å². The lowest BCUT2D eigenvalue weighted by Gasteiger charge is -2.14. The van der Waals surface area contributed by atoms with Crippen LogP contribution in [0.2, 0.25) is 0 Å². The fourth-order valence-corrected chi connectivity index (χ4v) is 3.19. The van der Waals surface area contributed by atoms with Crippen LogP contribution >= 0.6 is 0 Å². The highest BCUT2D eigenvalue weighted by Crippen LogP contribution is 2.26. The third-order valence-electron chi connectivity index (χ3n) is 4.80. The van der Waals surface area contributed by atoms with Crippen LogP contribution in [0, 0.1) is 0 Å². The van der Waals surface area contributed by atoms with Crippen LogP contribution in [0.4, 0.5) is 0 Å². The third kappa shape index (κ3) is 6.33. The molecule has 166 valence electrons. The molecule has 0 radical (unpaired) electrons. The molecule has 0 aliphatic heterocycles. The second-order valence-corrected chi connectivity index (χ2v) is 7.31. The summed E-state index contributed by atoms with van der Waals surface area (Å²) < 4.78 is 17.8. The van der Waals surface area contributed by atoms with Crippen molar-refractivity contribution in [2.24, 2.45) is 0 Å². The zero-order chi connectivity index (χ0) is 22.9. The molecule has 0 unspecified atom stereocenters. The van der Waals surface area contributed by atoms with Crippen molar-refractivity contribution in [2.45, 2.75) is 19.8 Å². The molecule has 6 heteroatoms. The quantitative estimate of drug-likeness (QED) is 0.349. The maximum Gasteiger partial charge on any atom is 0.358 e. The summed E-state index contributed by atoms with van der Waals surface area (Å²) >= 11 is 0. The molecule has 0 spiro atoms. The Hall–Kier alpha value is -4.32. The van der Waals surface area contributed by atoms with Crippen LogP contribution in [0.15, 0.2) is 97.2 Å². The van der Waals surface area contributed by atoms with Crippen molar-refractivity contribution in [1.29, 1.82) is 0 Å². The Labute approximate surface area is 192 Å². The minimum atomic E-state index is -1.14. The highest BCUT2D eigenvalue weighted by atomic mass is 16.5. The molecule has 4 rings (SSSR count). The number of carboxylic acid groups (broad SMARTS) is 1. The van der Waals surface area contributed by atoms with E-state index in [4.69, 9.17) is 14.2 Å². The molecule has 0 aliphatic carbocycles. The number of hydrogen-bond donors (Lipinski definition) is 1. The molecule has 0 fully saturated rings. The van der Waals surface area contributed by atoms with E-state index in [1.54, 1.807) is 12.1 Å². The van der Waals surface area contributed by atoms with Gasteiger partial charge in [0.05, 0.1) is 0 Å². The Bertz CT molecular complexity index is 1130. The first kappa shape index (κ1) is 21.9. The van der Waals surface area contributed by atoms with Gasteiger partial charge in [0.25, 0.3) is 0 Å². The van der Waals surface area contributed by atoms with E-state index < -0.39 is 5.97 Å². The van der Waals surface area contributed by atoms with Gasteiger partial charge in [0.1, 0.15) is 31.3 Å². The Morgan fingerprint density at radius 3 is 1.76 bits per heavy atom. The smallest absolute Gasteiger partial charge is 0.358 e. The molecule has 1 aromatic heterocycles. The zero-order valence-electron chi connectivity index (χ0n) is 17.9. The largest absolute Gasteiger partial charge is 0.489 e. The second-order valence-electron chi connectivity index (χ2n) is 7.31. The second kappa shape index (κ2) is 10.8. The molecule has 1 N–H and O–H groups in total. The van der Waals surface area contributed by atoms with E-state index in [1.807, 2.05) is 78.9 Å². The van der Waals surface area contributed by atoms with Gasteiger partial charge in [0, 0.05) is 12.3 Å². The lowest BCUT2D eigenvalue weighted by atomic mass is 10.2. The number of nitrogens with zero attached hydrogens (tertiary/aromatic N) is 1. The Morgan fingerprint density at radius 2 is 1.21 bits per heavy atom. The molecule has 0 atom stereocenters. The maximum absolute atomic E-state index is 11.4. The lowest BCUT2D eigenvalue weighted by molar-refractivity contribution is 0.0684. The van der Waals surface area contributed by atoms with Gasteiger partial charge in [0.15, 0.2) is 11.4 Å². The highest BCUT2D eigenvalue weighted by molar-refractivity contribution is 5.88. The van der Waals surface area contributed by atoms with Gasteiger partial charge < -0.3 is 19.3 Å². The number of rotatable bonds is 10. The Morgan fingerprint density at radius 1 is 0.667 bits per heavy atom. The number of carboxylic acids is 1. The summed E-state index contributed by atoms with van der Waals surface area (Å²) in [4.78, 5) is 15.3. The van der Waals surface area contributed by atoms with Crippen LogP contribution in [-0.4, -0.2) is 16.1 Å². The van der Waals surface area contributed by atoms with Crippen molar-refractivity contribution in [3.8, 4) is 17.2 Å². The lowest BCUT2D eigenvalue weighted by Crippen LogP contribution is -2.06. The summed E-state index contributed by atoms with van der Waals surface area (Å²) in [7, 11) is 0. The first-order valence-electron chi connectivity index (χ1n) is 10.5. The molecule has 0 aliphatic rings. The predicted molar refractivity (Wildman–Crippen MR) is 124 cm³/mol. The summed E-state index contributed by atoms with van der Waals surface area (Å²) in [5.41, 5.74) is 2.75. The highest BCUT2D eigenvalue weighted by Gasteiger charge is 2.13. The number of benzene rings is 3. The van der Waals surface area contributed by atoms with Crippen molar-refractivity contribution in [3.63, 3.8) is 0 Å². The van der Waals surface area contributed by atoms with Crippen molar-refractivity contribution in [1.82, 2.24) is 4.98 Å². The minimum Gasteiger partial charge on any atom is -0.489 e. The molecular formula is C27H23NO5. The number of aromatic carboxylic acids is 1. The van der Waals surface area contributed by atoms with Gasteiger partial charge in [-0.2, -0.15) is 0 Å². The summed E-state index contributed by atoms with van der Waals surface area (Å²) in [5.74, 6) is 0.324. The molecule has 6 nitrogen and oxygen atoms in total. The van der Waals surface area contributed by atoms with Crippen molar-refractivity contribution >= 4 is 5.97 Å². The van der Waals surface area contributed by atoms with Gasteiger partial charge in [-0.15, -0.1) is 0 Å². The number of pyridine rings is 1. The summed E-state index contributed by atoms with van der Waals surface area (Å²) in [5, 5.41) is 9.33. The van der Waals surface area contributed by atoms with Gasteiger partial charge in [0.2, 0.25) is 0 Å². The summed E-state index contributed by atoms with van der Waals surface area (Å²) in [6.07, 6.45) is 1.42. The average molecular weight is 441 g/mol. The SMILES string of the molecule is O=C(O)c1ncccc1OCc1cc(OCc2ccccc2)cc(OCc2ccccc2)c1. The van der Waals surface area contributed by atoms with Crippen LogP contribution in [0.5, 0.6) is 17.2 Å². The average Bonchev–Trinajstić information content (AvgIpc) is 2.86. The summed E-state index contributed by atoms with van der Waals surface area (Å²) in [6.45, 7) is 0.959. The van der Waals surface area contributed by atoms with Gasteiger partial charge >= 0.3 is 5.97 Å². The van der Waals surface area contributed by atoms with E-state index in [0.717, 1.165) is 16.7 Å². The molecule has 0 amide bonds. The molecule has 0 saturated heterocycles. The van der Waals surface area contributed by atoms with Crippen LogP contribution in [0.1, 0.15) is 27.2 Å². The monoisotopic (exact) mass is 441 g/mol. The Kier molecular flexibility index (Phi) is 7.18.